The van der Waals surface area contributed by atoms with E-state index in [1.807, 2.05) is 0 Å². The monoisotopic (exact) mass is 355 g/mol. The van der Waals surface area contributed by atoms with Gasteiger partial charge in [0, 0.05) is 26.4 Å². The zero-order valence-electron chi connectivity index (χ0n) is 16.2. The van der Waals surface area contributed by atoms with E-state index in [9.17, 15) is 4.79 Å². The van der Waals surface area contributed by atoms with E-state index in [1.54, 1.807) is 6.92 Å². The van der Waals surface area contributed by atoms with Gasteiger partial charge < -0.3 is 9.88 Å². The van der Waals surface area contributed by atoms with Crippen LogP contribution in [0.4, 0.5) is 0 Å². The lowest BCUT2D eigenvalue weighted by atomic mass is 9.87. The number of nitrogens with one attached hydrogen (secondary N) is 1. The molecule has 1 saturated carbocycles. The molecule has 142 valence electrons. The highest BCUT2D eigenvalue weighted by atomic mass is 16.1. The molecular weight excluding hydrogens is 322 g/mol. The summed E-state index contributed by atoms with van der Waals surface area (Å²) < 4.78 is 2.47. The van der Waals surface area contributed by atoms with E-state index < -0.39 is 0 Å². The number of hydrogen-bond donors (Lipinski definition) is 1. The summed E-state index contributed by atoms with van der Waals surface area (Å²) in [6.07, 6.45) is 12.7. The van der Waals surface area contributed by atoms with Crippen molar-refractivity contribution in [2.24, 2.45) is 5.92 Å². The zero-order chi connectivity index (χ0) is 18.2. The van der Waals surface area contributed by atoms with Crippen LogP contribution in [0.15, 0.2) is 24.3 Å². The molecular formula is C22H33N3O. The fourth-order valence-electron chi connectivity index (χ4n) is 4.20. The highest BCUT2D eigenvalue weighted by molar-refractivity contribution is 5.75. The maximum absolute atomic E-state index is 10.9. The summed E-state index contributed by atoms with van der Waals surface area (Å²) in [5.74, 6) is 2.20. The van der Waals surface area contributed by atoms with Crippen molar-refractivity contribution in [2.45, 2.75) is 77.7 Å². The molecule has 4 heteroatoms. The highest BCUT2D eigenvalue weighted by Gasteiger charge is 2.16. The number of imidazole rings is 1. The van der Waals surface area contributed by atoms with Crippen LogP contribution in [0.3, 0.4) is 0 Å². The van der Waals surface area contributed by atoms with E-state index in [0.29, 0.717) is 0 Å². The number of benzene rings is 1. The largest absolute Gasteiger partial charge is 0.356 e. The van der Waals surface area contributed by atoms with Gasteiger partial charge in [0.05, 0.1) is 11.0 Å². The Kier molecular flexibility index (Phi) is 7.10. The van der Waals surface area contributed by atoms with Crippen molar-refractivity contribution in [3.05, 3.63) is 30.1 Å². The smallest absolute Gasteiger partial charge is 0.216 e. The molecule has 0 saturated heterocycles. The van der Waals surface area contributed by atoms with Crippen LogP contribution in [-0.2, 0) is 17.8 Å². The maximum atomic E-state index is 10.9. The third kappa shape index (κ3) is 5.33. The molecule has 0 bridgehead atoms. The topological polar surface area (TPSA) is 46.9 Å². The predicted molar refractivity (Wildman–Crippen MR) is 107 cm³/mol. The number of nitrogens with zero attached hydrogens (tertiary/aromatic N) is 2. The first-order chi connectivity index (χ1) is 12.7. The number of hydrogen-bond acceptors (Lipinski definition) is 2. The lowest BCUT2D eigenvalue weighted by molar-refractivity contribution is -0.118. The summed E-state index contributed by atoms with van der Waals surface area (Å²) in [5, 5.41) is 2.87. The Morgan fingerprint density at radius 1 is 1.15 bits per heavy atom. The summed E-state index contributed by atoms with van der Waals surface area (Å²) in [7, 11) is 0. The molecule has 3 rings (SSSR count). The van der Waals surface area contributed by atoms with E-state index in [2.05, 4.69) is 34.1 Å². The van der Waals surface area contributed by atoms with Crippen molar-refractivity contribution in [1.29, 1.82) is 0 Å². The number of carbonyl (C=O) groups excluding carboxylic acids is 1. The van der Waals surface area contributed by atoms with Crippen LogP contribution in [0.5, 0.6) is 0 Å². The van der Waals surface area contributed by atoms with E-state index in [-0.39, 0.29) is 5.91 Å². The second-order valence-electron chi connectivity index (χ2n) is 7.75. The summed E-state index contributed by atoms with van der Waals surface area (Å²) in [4.78, 5) is 15.8. The average Bonchev–Trinajstić information content (AvgIpc) is 3.01. The Morgan fingerprint density at radius 3 is 2.77 bits per heavy atom. The van der Waals surface area contributed by atoms with Gasteiger partial charge in [0.2, 0.25) is 5.91 Å². The number of fused-ring (bicyclic) bond motifs is 1. The van der Waals surface area contributed by atoms with Gasteiger partial charge in [-0.3, -0.25) is 4.79 Å². The van der Waals surface area contributed by atoms with E-state index >= 15 is 0 Å². The number of para-hydroxylation sites is 2. The van der Waals surface area contributed by atoms with Gasteiger partial charge in [-0.25, -0.2) is 4.98 Å². The normalized spacial score (nSPS) is 15.4. The molecule has 0 unspecified atom stereocenters. The molecule has 26 heavy (non-hydrogen) atoms. The fraction of sp³-hybridized carbons (Fsp3) is 0.636. The number of unbranched alkanes of at least 4 members (excludes halogenated alkanes) is 2. The Morgan fingerprint density at radius 2 is 1.96 bits per heavy atom. The van der Waals surface area contributed by atoms with Crippen LogP contribution in [0.1, 0.15) is 70.5 Å². The first-order valence-corrected chi connectivity index (χ1v) is 10.4. The molecule has 0 atom stereocenters. The lowest BCUT2D eigenvalue weighted by Crippen LogP contribution is -2.20. The van der Waals surface area contributed by atoms with Gasteiger partial charge in [-0.2, -0.15) is 0 Å². The van der Waals surface area contributed by atoms with Gasteiger partial charge in [-0.1, -0.05) is 50.7 Å². The third-order valence-corrected chi connectivity index (χ3v) is 5.67. The summed E-state index contributed by atoms with van der Waals surface area (Å²) in [5.41, 5.74) is 2.42. The molecule has 4 nitrogen and oxygen atoms in total. The summed E-state index contributed by atoms with van der Waals surface area (Å²) in [6.45, 7) is 3.47. The Bertz CT molecular complexity index is 700. The first-order valence-electron chi connectivity index (χ1n) is 10.4. The number of aryl methyl sites for hydroxylation is 2. The van der Waals surface area contributed by atoms with Crippen LogP contribution in [0, 0.1) is 5.92 Å². The van der Waals surface area contributed by atoms with Crippen LogP contribution >= 0.6 is 0 Å². The molecule has 1 aromatic carbocycles. The Labute approximate surface area is 157 Å². The van der Waals surface area contributed by atoms with Crippen molar-refractivity contribution in [3.63, 3.8) is 0 Å². The molecule has 0 spiro atoms. The molecule has 1 aromatic heterocycles. The summed E-state index contributed by atoms with van der Waals surface area (Å²) in [6, 6.07) is 8.55. The molecule has 1 N–H and O–H groups in total. The quantitative estimate of drug-likeness (QED) is 0.653. The number of aromatic nitrogens is 2. The molecule has 1 fully saturated rings. The number of amides is 1. The van der Waals surface area contributed by atoms with E-state index in [4.69, 9.17) is 4.98 Å². The SMILES string of the molecule is CC(=O)NCCCCCc1nc2ccccc2n1CCC1CCCCC1. The first kappa shape index (κ1) is 18.9. The van der Waals surface area contributed by atoms with Crippen LogP contribution in [0.2, 0.25) is 0 Å². The zero-order valence-corrected chi connectivity index (χ0v) is 16.2. The predicted octanol–water partition coefficient (Wildman–Crippen LogP) is 4.86. The maximum Gasteiger partial charge on any atom is 0.216 e. The second kappa shape index (κ2) is 9.75. The van der Waals surface area contributed by atoms with Gasteiger partial charge in [-0.15, -0.1) is 0 Å². The minimum atomic E-state index is 0.0644. The molecule has 1 heterocycles. The van der Waals surface area contributed by atoms with Crippen LogP contribution in [-0.4, -0.2) is 22.0 Å². The highest BCUT2D eigenvalue weighted by Crippen LogP contribution is 2.28. The van der Waals surface area contributed by atoms with Crippen LogP contribution in [0.25, 0.3) is 11.0 Å². The number of rotatable bonds is 9. The molecule has 1 amide bonds. The van der Waals surface area contributed by atoms with Gasteiger partial charge in [-0.05, 0) is 37.3 Å². The van der Waals surface area contributed by atoms with Gasteiger partial charge in [0.25, 0.3) is 0 Å². The standard InChI is InChI=1S/C22H33N3O/c1-18(26)23-16-9-3-6-14-22-24-20-12-7-8-13-21(20)25(22)17-15-19-10-4-2-5-11-19/h7-8,12-13,19H,2-6,9-11,14-17H2,1H3,(H,23,26). The lowest BCUT2D eigenvalue weighted by Gasteiger charge is -2.22. The van der Waals surface area contributed by atoms with Crippen molar-refractivity contribution in [3.8, 4) is 0 Å². The van der Waals surface area contributed by atoms with Crippen molar-refractivity contribution in [2.75, 3.05) is 6.54 Å². The van der Waals surface area contributed by atoms with Gasteiger partial charge in [0.15, 0.2) is 0 Å². The van der Waals surface area contributed by atoms with Gasteiger partial charge >= 0.3 is 0 Å². The van der Waals surface area contributed by atoms with Crippen LogP contribution < -0.4 is 5.32 Å². The van der Waals surface area contributed by atoms with Crippen molar-refractivity contribution in [1.82, 2.24) is 14.9 Å². The number of carbonyl (C=O) groups is 1. The van der Waals surface area contributed by atoms with Crippen molar-refractivity contribution >= 4 is 16.9 Å². The second-order valence-corrected chi connectivity index (χ2v) is 7.75. The van der Waals surface area contributed by atoms with E-state index in [0.717, 1.165) is 50.2 Å². The van der Waals surface area contributed by atoms with E-state index in [1.165, 1.54) is 49.9 Å². The summed E-state index contributed by atoms with van der Waals surface area (Å²) >= 11 is 0. The minimum Gasteiger partial charge on any atom is -0.356 e. The molecule has 0 aliphatic heterocycles. The Hall–Kier alpha value is -1.84. The van der Waals surface area contributed by atoms with Gasteiger partial charge in [0.1, 0.15) is 5.82 Å². The Balaban J connectivity index is 1.58. The minimum absolute atomic E-state index is 0.0644. The molecule has 0 radical (unpaired) electrons. The third-order valence-electron chi connectivity index (χ3n) is 5.67. The average molecular weight is 356 g/mol. The molecule has 2 aromatic rings. The fourth-order valence-corrected chi connectivity index (χ4v) is 4.20. The molecule has 1 aliphatic rings. The molecule has 1 aliphatic carbocycles. The van der Waals surface area contributed by atoms with Crippen molar-refractivity contribution < 1.29 is 4.79 Å².